The summed E-state index contributed by atoms with van der Waals surface area (Å²) < 4.78 is 33.6. The lowest BCUT2D eigenvalue weighted by molar-refractivity contribution is -0.282. The highest BCUT2D eigenvalue weighted by atomic mass is 16.7. The highest BCUT2D eigenvalue weighted by molar-refractivity contribution is 5.78. The number of carbonyl (C=O) groups is 2. The predicted molar refractivity (Wildman–Crippen MR) is 219 cm³/mol. The van der Waals surface area contributed by atoms with Gasteiger partial charge in [0.2, 0.25) is 5.91 Å². The molecule has 4 aliphatic carbocycles. The molecule has 0 spiro atoms. The second-order valence-corrected chi connectivity index (χ2v) is 19.4. The summed E-state index contributed by atoms with van der Waals surface area (Å²) >= 11 is 0. The number of rotatable bonds is 21. The van der Waals surface area contributed by atoms with E-state index in [-0.39, 0.29) is 62.1 Å². The first-order valence-electron chi connectivity index (χ1n) is 22.6. The minimum Gasteiger partial charge on any atom is -0.463 e. The van der Waals surface area contributed by atoms with E-state index in [0.717, 1.165) is 48.3 Å². The zero-order chi connectivity index (χ0) is 41.3. The molecule has 1 saturated heterocycles. The summed E-state index contributed by atoms with van der Waals surface area (Å²) in [4.78, 5) is 27.0. The van der Waals surface area contributed by atoms with Crippen LogP contribution < -0.4 is 0 Å². The smallest absolute Gasteiger partial charge is 0.307 e. The molecule has 1 aliphatic heterocycles. The SMILES string of the molecule is COCC(=O)N(CCCOCC1OC(OC)[C@@H](O)[C@@H](O)[C@H]1C)CCC(=O)OCCOC1CC[C@]2(C)C(=CC[C@@H]3[C@H]4CC[C@@H]([C@@H](C)CCCC(C)C)[C@]4(C)CC[C@H]32)C1. The molecule has 0 radical (unpaired) electrons. The van der Waals surface area contributed by atoms with E-state index in [4.69, 9.17) is 28.4 Å². The first-order valence-corrected chi connectivity index (χ1v) is 22.6. The van der Waals surface area contributed by atoms with Crippen LogP contribution in [0.3, 0.4) is 0 Å². The van der Waals surface area contributed by atoms with Gasteiger partial charge in [0.25, 0.3) is 0 Å². The van der Waals surface area contributed by atoms with Crippen LogP contribution in [-0.4, -0.2) is 118 Å². The first-order chi connectivity index (χ1) is 27.2. The van der Waals surface area contributed by atoms with E-state index in [1.54, 1.807) is 17.4 Å². The first kappa shape index (κ1) is 46.5. The third-order valence-electron chi connectivity index (χ3n) is 15.5. The number of amides is 1. The molecule has 3 unspecified atom stereocenters. The Kier molecular flexibility index (Phi) is 17.3. The topological polar surface area (TPSA) is 133 Å². The average molecular weight is 806 g/mol. The Balaban J connectivity index is 1.00. The summed E-state index contributed by atoms with van der Waals surface area (Å²) in [5, 5.41) is 20.4. The fraction of sp³-hybridized carbons (Fsp3) is 0.913. The number of methoxy groups -OCH3 is 2. The number of ether oxygens (including phenoxy) is 6. The van der Waals surface area contributed by atoms with Crippen molar-refractivity contribution in [2.24, 2.45) is 52.3 Å². The summed E-state index contributed by atoms with van der Waals surface area (Å²) in [5.41, 5.74) is 2.39. The molecule has 11 nitrogen and oxygen atoms in total. The maximum Gasteiger partial charge on any atom is 0.307 e. The number of allylic oxidation sites excluding steroid dienone is 1. The van der Waals surface area contributed by atoms with Gasteiger partial charge < -0.3 is 43.5 Å². The maximum atomic E-state index is 12.7. The number of hydrogen-bond donors (Lipinski definition) is 2. The van der Waals surface area contributed by atoms with Gasteiger partial charge in [-0.3, -0.25) is 9.59 Å². The summed E-state index contributed by atoms with van der Waals surface area (Å²) in [6.45, 7) is 16.0. The fourth-order valence-electron chi connectivity index (χ4n) is 12.1. The molecule has 0 bridgehead atoms. The number of esters is 1. The molecule has 1 heterocycles. The quantitative estimate of drug-likeness (QED) is 0.0713. The molecule has 3 saturated carbocycles. The Bertz CT molecular complexity index is 1310. The molecule has 0 aromatic heterocycles. The largest absolute Gasteiger partial charge is 0.463 e. The van der Waals surface area contributed by atoms with Gasteiger partial charge in [0.15, 0.2) is 6.29 Å². The number of fused-ring (bicyclic) bond motifs is 5. The predicted octanol–water partition coefficient (Wildman–Crippen LogP) is 6.96. The minimum atomic E-state index is -1.12. The van der Waals surface area contributed by atoms with Crippen LogP contribution in [0.15, 0.2) is 11.6 Å². The van der Waals surface area contributed by atoms with Crippen molar-refractivity contribution in [3.63, 3.8) is 0 Å². The highest BCUT2D eigenvalue weighted by Gasteiger charge is 2.59. The van der Waals surface area contributed by atoms with Gasteiger partial charge in [-0.05, 0) is 104 Å². The van der Waals surface area contributed by atoms with Crippen molar-refractivity contribution in [1.82, 2.24) is 4.90 Å². The van der Waals surface area contributed by atoms with E-state index in [9.17, 15) is 19.8 Å². The van der Waals surface area contributed by atoms with Gasteiger partial charge in [-0.25, -0.2) is 0 Å². The summed E-state index contributed by atoms with van der Waals surface area (Å²) in [6.07, 6.45) is 14.1. The van der Waals surface area contributed by atoms with Gasteiger partial charge >= 0.3 is 5.97 Å². The van der Waals surface area contributed by atoms with Crippen LogP contribution in [0.4, 0.5) is 0 Å². The van der Waals surface area contributed by atoms with Gasteiger partial charge in [-0.1, -0.05) is 72.5 Å². The number of nitrogens with zero attached hydrogens (tertiary/aromatic N) is 1. The van der Waals surface area contributed by atoms with Gasteiger partial charge in [0.1, 0.15) is 19.3 Å². The maximum absolute atomic E-state index is 12.7. The van der Waals surface area contributed by atoms with E-state index in [1.165, 1.54) is 72.0 Å². The zero-order valence-corrected chi connectivity index (χ0v) is 36.8. The molecule has 328 valence electrons. The van der Waals surface area contributed by atoms with Crippen LogP contribution >= 0.6 is 0 Å². The monoisotopic (exact) mass is 806 g/mol. The lowest BCUT2D eigenvalue weighted by atomic mass is 9.47. The Morgan fingerprint density at radius 3 is 2.47 bits per heavy atom. The van der Waals surface area contributed by atoms with E-state index >= 15 is 0 Å². The number of aliphatic hydroxyl groups is 2. The molecule has 0 aromatic carbocycles. The Morgan fingerprint density at radius 1 is 0.947 bits per heavy atom. The van der Waals surface area contributed by atoms with Crippen molar-refractivity contribution in [1.29, 1.82) is 0 Å². The van der Waals surface area contributed by atoms with Gasteiger partial charge in [-0.2, -0.15) is 0 Å². The van der Waals surface area contributed by atoms with Crippen molar-refractivity contribution in [3.8, 4) is 0 Å². The summed E-state index contributed by atoms with van der Waals surface area (Å²) in [7, 11) is 2.89. The normalized spacial score (nSPS) is 36.9. The summed E-state index contributed by atoms with van der Waals surface area (Å²) in [6, 6.07) is 0. The highest BCUT2D eigenvalue weighted by Crippen LogP contribution is 2.67. The summed E-state index contributed by atoms with van der Waals surface area (Å²) in [5.74, 6) is 4.08. The lowest BCUT2D eigenvalue weighted by Gasteiger charge is -2.58. The second-order valence-electron chi connectivity index (χ2n) is 19.4. The van der Waals surface area contributed by atoms with E-state index in [1.807, 2.05) is 0 Å². The Labute approximate surface area is 344 Å². The van der Waals surface area contributed by atoms with Crippen molar-refractivity contribution in [2.45, 2.75) is 156 Å². The molecule has 11 heteroatoms. The van der Waals surface area contributed by atoms with Crippen LogP contribution in [-0.2, 0) is 38.0 Å². The Hall–Kier alpha value is -1.60. The minimum absolute atomic E-state index is 0.0769. The van der Waals surface area contributed by atoms with Crippen molar-refractivity contribution in [3.05, 3.63) is 11.6 Å². The Morgan fingerprint density at radius 2 is 1.74 bits per heavy atom. The lowest BCUT2D eigenvalue weighted by Crippen LogP contribution is -2.55. The molecule has 5 aliphatic rings. The number of aliphatic hydroxyl groups excluding tert-OH is 2. The third kappa shape index (κ3) is 11.2. The van der Waals surface area contributed by atoms with Gasteiger partial charge in [0, 0.05) is 39.8 Å². The molecule has 0 aromatic rings. The van der Waals surface area contributed by atoms with Crippen LogP contribution in [0, 0.1) is 52.3 Å². The molecule has 5 rings (SSSR count). The van der Waals surface area contributed by atoms with Crippen LogP contribution in [0.1, 0.15) is 125 Å². The van der Waals surface area contributed by atoms with Crippen molar-refractivity contribution >= 4 is 11.9 Å². The van der Waals surface area contributed by atoms with E-state index in [2.05, 4.69) is 40.7 Å². The second kappa shape index (κ2) is 21.3. The molecular weight excluding hydrogens is 727 g/mol. The molecule has 2 N–H and O–H groups in total. The molecule has 1 amide bonds. The van der Waals surface area contributed by atoms with Crippen molar-refractivity contribution in [2.75, 3.05) is 60.3 Å². The van der Waals surface area contributed by atoms with Crippen LogP contribution in [0.25, 0.3) is 0 Å². The van der Waals surface area contributed by atoms with Crippen LogP contribution in [0.5, 0.6) is 0 Å². The molecule has 57 heavy (non-hydrogen) atoms. The third-order valence-corrected chi connectivity index (χ3v) is 15.5. The standard InChI is InChI=1S/C46H79NO10/c1-30(2)11-9-12-31(3)36-15-16-37-35-14-13-33-27-34(17-20-45(33,5)38(35)18-21-46(36,37)6)55-25-26-56-41(49)19-23-47(40(48)29-52-7)22-10-24-54-28-39-32(4)42(50)43(51)44(53-8)57-39/h13,30-32,34-39,42-44,50-51H,9-12,14-29H2,1-8H3/t31-,32-,34?,35+,36-,37+,38+,39?,42-,43-,44?,45+,46-/m0/s1. The molecular formula is C46H79NO10. The number of carbonyl (C=O) groups excluding carboxylic acids is 2. The van der Waals surface area contributed by atoms with Gasteiger partial charge in [0.05, 0.1) is 37.9 Å². The van der Waals surface area contributed by atoms with E-state index in [0.29, 0.717) is 31.6 Å². The van der Waals surface area contributed by atoms with E-state index < -0.39 is 24.6 Å². The fourth-order valence-corrected chi connectivity index (χ4v) is 12.1. The molecule has 13 atom stereocenters. The van der Waals surface area contributed by atoms with Crippen LogP contribution in [0.2, 0.25) is 0 Å². The number of hydrogen-bond acceptors (Lipinski definition) is 10. The molecule has 4 fully saturated rings. The average Bonchev–Trinajstić information content (AvgIpc) is 3.54. The zero-order valence-electron chi connectivity index (χ0n) is 36.8. The van der Waals surface area contributed by atoms with Gasteiger partial charge in [-0.15, -0.1) is 0 Å². The van der Waals surface area contributed by atoms with Crippen molar-refractivity contribution < 1.29 is 48.2 Å².